The van der Waals surface area contributed by atoms with E-state index in [-0.39, 0.29) is 16.4 Å². The lowest BCUT2D eigenvalue weighted by atomic mass is 10.3. The number of anilines is 2. The second-order valence-corrected chi connectivity index (χ2v) is 5.98. The van der Waals surface area contributed by atoms with E-state index in [0.717, 1.165) is 30.3 Å². The van der Waals surface area contributed by atoms with Gasteiger partial charge in [0.2, 0.25) is 0 Å². The van der Waals surface area contributed by atoms with Crippen molar-refractivity contribution in [2.45, 2.75) is 4.90 Å². The fourth-order valence-corrected chi connectivity index (χ4v) is 2.96. The van der Waals surface area contributed by atoms with E-state index in [1.165, 1.54) is 6.07 Å². The lowest BCUT2D eigenvalue weighted by Gasteiger charge is -2.10. The molecule has 0 atom stereocenters. The zero-order valence-electron chi connectivity index (χ0n) is 9.90. The fourth-order valence-electron chi connectivity index (χ4n) is 1.50. The summed E-state index contributed by atoms with van der Waals surface area (Å²) in [6.45, 7) is 0. The Labute approximate surface area is 119 Å². The molecule has 0 radical (unpaired) electrons. The lowest BCUT2D eigenvalue weighted by Crippen LogP contribution is -2.15. The van der Waals surface area contributed by atoms with Gasteiger partial charge in [0, 0.05) is 5.69 Å². The molecule has 0 unspecified atom stereocenters. The molecule has 0 spiro atoms. The first-order valence-corrected chi connectivity index (χ1v) is 7.18. The molecule has 0 aliphatic rings. The summed E-state index contributed by atoms with van der Waals surface area (Å²) < 4.78 is 52.6. The van der Waals surface area contributed by atoms with Gasteiger partial charge in [-0.2, -0.15) is 0 Å². The van der Waals surface area contributed by atoms with Crippen molar-refractivity contribution in [2.75, 3.05) is 10.5 Å². The van der Waals surface area contributed by atoms with Crippen LogP contribution in [0.15, 0.2) is 41.3 Å². The van der Waals surface area contributed by atoms with Gasteiger partial charge in [0.1, 0.15) is 16.5 Å². The molecule has 0 heterocycles. The van der Waals surface area contributed by atoms with Crippen LogP contribution >= 0.6 is 11.6 Å². The van der Waals surface area contributed by atoms with E-state index in [0.29, 0.717) is 0 Å². The second-order valence-electron chi connectivity index (χ2n) is 3.92. The van der Waals surface area contributed by atoms with Crippen molar-refractivity contribution >= 4 is 33.0 Å². The van der Waals surface area contributed by atoms with Crippen LogP contribution in [0, 0.1) is 11.6 Å². The molecule has 2 aromatic carbocycles. The van der Waals surface area contributed by atoms with Crippen molar-refractivity contribution in [1.82, 2.24) is 0 Å². The van der Waals surface area contributed by atoms with Gasteiger partial charge >= 0.3 is 0 Å². The molecule has 4 nitrogen and oxygen atoms in total. The van der Waals surface area contributed by atoms with Gasteiger partial charge in [-0.05, 0) is 36.4 Å². The van der Waals surface area contributed by atoms with Crippen LogP contribution in [0.5, 0.6) is 0 Å². The Balaban J connectivity index is 2.43. The van der Waals surface area contributed by atoms with Crippen LogP contribution in [0.25, 0.3) is 0 Å². The average Bonchev–Trinajstić information content (AvgIpc) is 2.35. The summed E-state index contributed by atoms with van der Waals surface area (Å²) in [5.74, 6) is -1.57. The van der Waals surface area contributed by atoms with Crippen LogP contribution < -0.4 is 10.5 Å². The van der Waals surface area contributed by atoms with Crippen LogP contribution in [-0.4, -0.2) is 8.42 Å². The summed E-state index contributed by atoms with van der Waals surface area (Å²) in [6, 6.07) is 6.26. The highest BCUT2D eigenvalue weighted by Crippen LogP contribution is 2.26. The SMILES string of the molecule is Nc1ccc(F)c(S(=O)(=O)Nc2ccc(F)cc2Cl)c1. The largest absolute Gasteiger partial charge is 0.399 e. The van der Waals surface area contributed by atoms with Crippen LogP contribution in [0.1, 0.15) is 0 Å². The van der Waals surface area contributed by atoms with Crippen molar-refractivity contribution < 1.29 is 17.2 Å². The predicted octanol–water partition coefficient (Wildman–Crippen LogP) is 3.00. The number of nitrogens with two attached hydrogens (primary N) is 1. The summed E-state index contributed by atoms with van der Waals surface area (Å²) >= 11 is 5.71. The molecule has 0 saturated heterocycles. The van der Waals surface area contributed by atoms with Crippen LogP contribution in [-0.2, 0) is 10.0 Å². The minimum atomic E-state index is -4.21. The van der Waals surface area contributed by atoms with Gasteiger partial charge < -0.3 is 5.73 Å². The summed E-state index contributed by atoms with van der Waals surface area (Å²) in [6.07, 6.45) is 0. The van der Waals surface area contributed by atoms with Gasteiger partial charge in [-0.25, -0.2) is 17.2 Å². The van der Waals surface area contributed by atoms with Crippen molar-refractivity contribution in [3.8, 4) is 0 Å². The standard InChI is InChI=1S/C12H9ClF2N2O2S/c13-9-5-7(14)1-4-11(9)17-20(18,19)12-6-8(16)2-3-10(12)15/h1-6,17H,16H2. The highest BCUT2D eigenvalue weighted by atomic mass is 35.5. The van der Waals surface area contributed by atoms with Gasteiger partial charge in [0.05, 0.1) is 10.7 Å². The molecule has 0 aliphatic heterocycles. The van der Waals surface area contributed by atoms with E-state index >= 15 is 0 Å². The minimum Gasteiger partial charge on any atom is -0.399 e. The van der Waals surface area contributed by atoms with Crippen LogP contribution in [0.3, 0.4) is 0 Å². The van der Waals surface area contributed by atoms with Gasteiger partial charge in [-0.3, -0.25) is 4.72 Å². The maximum atomic E-state index is 13.6. The van der Waals surface area contributed by atoms with Gasteiger partial charge in [-0.15, -0.1) is 0 Å². The molecule has 0 fully saturated rings. The van der Waals surface area contributed by atoms with Gasteiger partial charge in [0.25, 0.3) is 10.0 Å². The fraction of sp³-hybridized carbons (Fsp3) is 0. The maximum absolute atomic E-state index is 13.6. The molecule has 8 heteroatoms. The van der Waals surface area contributed by atoms with E-state index in [1.54, 1.807) is 0 Å². The zero-order chi connectivity index (χ0) is 14.9. The van der Waals surface area contributed by atoms with E-state index in [4.69, 9.17) is 17.3 Å². The lowest BCUT2D eigenvalue weighted by molar-refractivity contribution is 0.570. The Hall–Kier alpha value is -1.86. The highest BCUT2D eigenvalue weighted by Gasteiger charge is 2.20. The van der Waals surface area contributed by atoms with E-state index in [2.05, 4.69) is 4.72 Å². The Morgan fingerprint density at radius 2 is 1.80 bits per heavy atom. The molecule has 0 bridgehead atoms. The molecule has 0 saturated carbocycles. The number of rotatable bonds is 3. The number of hydrogen-bond acceptors (Lipinski definition) is 3. The van der Waals surface area contributed by atoms with Crippen molar-refractivity contribution in [2.24, 2.45) is 0 Å². The smallest absolute Gasteiger partial charge is 0.264 e. The minimum absolute atomic E-state index is 0.0603. The Morgan fingerprint density at radius 1 is 1.10 bits per heavy atom. The quantitative estimate of drug-likeness (QED) is 0.854. The third-order valence-electron chi connectivity index (χ3n) is 2.42. The summed E-state index contributed by atoms with van der Waals surface area (Å²) in [4.78, 5) is -0.613. The monoisotopic (exact) mass is 318 g/mol. The summed E-state index contributed by atoms with van der Waals surface area (Å²) in [5.41, 5.74) is 5.47. The number of sulfonamides is 1. The number of benzene rings is 2. The van der Waals surface area contributed by atoms with E-state index in [1.807, 2.05) is 0 Å². The molecular weight excluding hydrogens is 310 g/mol. The number of hydrogen-bond donors (Lipinski definition) is 2. The molecule has 20 heavy (non-hydrogen) atoms. The van der Waals surface area contributed by atoms with E-state index in [9.17, 15) is 17.2 Å². The van der Waals surface area contributed by atoms with Crippen LogP contribution in [0.4, 0.5) is 20.2 Å². The number of halogens is 3. The van der Waals surface area contributed by atoms with Crippen molar-refractivity contribution in [3.05, 3.63) is 53.1 Å². The molecule has 0 aromatic heterocycles. The molecule has 3 N–H and O–H groups in total. The first-order chi connectivity index (χ1) is 9.29. The van der Waals surface area contributed by atoms with Crippen molar-refractivity contribution in [3.63, 3.8) is 0 Å². The Kier molecular flexibility index (Phi) is 3.82. The topological polar surface area (TPSA) is 72.2 Å². The second kappa shape index (κ2) is 5.26. The molecule has 0 aliphatic carbocycles. The first-order valence-electron chi connectivity index (χ1n) is 5.32. The molecular formula is C12H9ClF2N2O2S. The Morgan fingerprint density at radius 3 is 2.45 bits per heavy atom. The number of nitrogens with one attached hydrogen (secondary N) is 1. The molecule has 106 valence electrons. The Bertz CT molecular complexity index is 766. The maximum Gasteiger partial charge on any atom is 0.264 e. The summed E-state index contributed by atoms with van der Waals surface area (Å²) in [5, 5.41) is -0.141. The van der Waals surface area contributed by atoms with Crippen molar-refractivity contribution in [1.29, 1.82) is 0 Å². The third-order valence-corrected chi connectivity index (χ3v) is 4.11. The van der Waals surface area contributed by atoms with Gasteiger partial charge in [-0.1, -0.05) is 11.6 Å². The molecule has 2 aromatic rings. The molecule has 0 amide bonds. The first kappa shape index (κ1) is 14.5. The normalized spacial score (nSPS) is 11.3. The molecule has 2 rings (SSSR count). The average molecular weight is 319 g/mol. The van der Waals surface area contributed by atoms with Crippen LogP contribution in [0.2, 0.25) is 5.02 Å². The summed E-state index contributed by atoms with van der Waals surface area (Å²) in [7, 11) is -4.21. The third kappa shape index (κ3) is 3.00. The van der Waals surface area contributed by atoms with Gasteiger partial charge in [0.15, 0.2) is 0 Å². The highest BCUT2D eigenvalue weighted by molar-refractivity contribution is 7.92. The number of nitrogen functional groups attached to an aromatic ring is 1. The zero-order valence-corrected chi connectivity index (χ0v) is 11.5. The predicted molar refractivity (Wildman–Crippen MR) is 73.0 cm³/mol. The van der Waals surface area contributed by atoms with E-state index < -0.39 is 26.6 Å².